The Labute approximate surface area is 125 Å². The van der Waals surface area contributed by atoms with Gasteiger partial charge in [-0.3, -0.25) is 0 Å². The summed E-state index contributed by atoms with van der Waals surface area (Å²) in [7, 11) is 6.70. The second-order valence-corrected chi connectivity index (χ2v) is 7.52. The van der Waals surface area contributed by atoms with Crippen molar-refractivity contribution in [1.82, 2.24) is 0 Å². The molecule has 0 amide bonds. The van der Waals surface area contributed by atoms with Gasteiger partial charge in [-0.05, 0) is 38.0 Å². The number of hydrogen-bond acceptors (Lipinski definition) is 4. The number of aliphatic hydroxyl groups excluding tert-OH is 1. The second-order valence-electron chi connectivity index (χ2n) is 4.41. The molecule has 0 aliphatic carbocycles. The average molecular weight is 303 g/mol. The molecule has 4 heteroatoms. The van der Waals surface area contributed by atoms with E-state index in [1.807, 2.05) is 47.6 Å². The van der Waals surface area contributed by atoms with Crippen LogP contribution in [0.4, 0.5) is 0 Å². The van der Waals surface area contributed by atoms with E-state index >= 15 is 0 Å². The van der Waals surface area contributed by atoms with Crippen LogP contribution in [-0.2, 0) is 0 Å². The van der Waals surface area contributed by atoms with Crippen molar-refractivity contribution in [3.8, 4) is 5.75 Å². The Balaban J connectivity index is 0.000000741. The van der Waals surface area contributed by atoms with E-state index in [-0.39, 0.29) is 0 Å². The van der Waals surface area contributed by atoms with Gasteiger partial charge in [-0.25, -0.2) is 0 Å². The van der Waals surface area contributed by atoms with Crippen LogP contribution in [-0.4, -0.2) is 24.1 Å². The van der Waals surface area contributed by atoms with Gasteiger partial charge in [-0.2, -0.15) is 0 Å². The van der Waals surface area contributed by atoms with Crippen molar-refractivity contribution in [2.24, 2.45) is 0 Å². The van der Waals surface area contributed by atoms with Gasteiger partial charge in [0.05, 0.1) is 7.11 Å². The zero-order valence-corrected chi connectivity index (χ0v) is 14.4. The lowest BCUT2D eigenvalue weighted by atomic mass is 10.0. The molecule has 1 heterocycles. The Kier molecular flexibility index (Phi) is 9.40. The maximum Gasteiger partial charge on any atom is 0.118 e. The molecule has 0 bridgehead atoms. The van der Waals surface area contributed by atoms with E-state index in [9.17, 15) is 0 Å². The van der Waals surface area contributed by atoms with E-state index in [1.54, 1.807) is 7.11 Å². The molecule has 19 heavy (non-hydrogen) atoms. The van der Waals surface area contributed by atoms with Crippen LogP contribution in [0.5, 0.6) is 5.75 Å². The van der Waals surface area contributed by atoms with Gasteiger partial charge in [0.2, 0.25) is 0 Å². The molecule has 0 radical (unpaired) electrons. The molecule has 1 N–H and O–H groups in total. The minimum absolute atomic E-state index is 0.412. The van der Waals surface area contributed by atoms with Crippen molar-refractivity contribution in [2.75, 3.05) is 14.2 Å². The SMILES string of the molecule is CC.CO.COc1ccc(C2CC(C)(C)SS2)cc1. The van der Waals surface area contributed by atoms with Gasteiger partial charge < -0.3 is 9.84 Å². The predicted octanol–water partition coefficient (Wildman–Crippen LogP) is 4.93. The first-order valence-corrected chi connectivity index (χ1v) is 8.75. The number of aliphatic hydroxyl groups is 1. The molecular weight excluding hydrogens is 276 g/mol. The summed E-state index contributed by atoms with van der Waals surface area (Å²) in [6.07, 6.45) is 1.24. The third-order valence-electron chi connectivity index (χ3n) is 2.55. The average Bonchev–Trinajstić information content (AvgIpc) is 2.84. The van der Waals surface area contributed by atoms with Crippen LogP contribution >= 0.6 is 21.6 Å². The summed E-state index contributed by atoms with van der Waals surface area (Å²) < 4.78 is 5.57. The highest BCUT2D eigenvalue weighted by molar-refractivity contribution is 8.77. The number of methoxy groups -OCH3 is 1. The molecule has 2 rings (SSSR count). The fraction of sp³-hybridized carbons (Fsp3) is 0.600. The molecule has 1 aliphatic rings. The van der Waals surface area contributed by atoms with Crippen LogP contribution in [0.15, 0.2) is 24.3 Å². The van der Waals surface area contributed by atoms with Gasteiger partial charge in [0.15, 0.2) is 0 Å². The zero-order chi connectivity index (χ0) is 14.9. The van der Waals surface area contributed by atoms with Crippen LogP contribution in [0.25, 0.3) is 0 Å². The van der Waals surface area contributed by atoms with E-state index < -0.39 is 0 Å². The van der Waals surface area contributed by atoms with Crippen LogP contribution in [0.3, 0.4) is 0 Å². The summed E-state index contributed by atoms with van der Waals surface area (Å²) >= 11 is 0. The highest BCUT2D eigenvalue weighted by Gasteiger charge is 2.33. The molecule has 0 spiro atoms. The van der Waals surface area contributed by atoms with Gasteiger partial charge in [0.25, 0.3) is 0 Å². The monoisotopic (exact) mass is 302 g/mol. The fourth-order valence-electron chi connectivity index (χ4n) is 1.69. The Morgan fingerprint density at radius 1 is 1.16 bits per heavy atom. The van der Waals surface area contributed by atoms with E-state index in [2.05, 4.69) is 26.0 Å². The maximum atomic E-state index is 7.00. The summed E-state index contributed by atoms with van der Waals surface area (Å²) in [5, 5.41) is 7.64. The van der Waals surface area contributed by atoms with Gasteiger partial charge in [-0.15, -0.1) is 0 Å². The van der Waals surface area contributed by atoms with Gasteiger partial charge >= 0.3 is 0 Å². The molecule has 110 valence electrons. The molecule has 1 aromatic rings. The van der Waals surface area contributed by atoms with Crippen LogP contribution in [0, 0.1) is 0 Å². The Bertz CT molecular complexity index is 337. The fourth-order valence-corrected chi connectivity index (χ4v) is 5.04. The summed E-state index contributed by atoms with van der Waals surface area (Å²) in [5.41, 5.74) is 1.42. The topological polar surface area (TPSA) is 29.5 Å². The molecule has 1 aliphatic heterocycles. The van der Waals surface area contributed by atoms with Crippen molar-refractivity contribution in [2.45, 2.75) is 44.1 Å². The van der Waals surface area contributed by atoms with Crippen LogP contribution in [0.1, 0.15) is 44.9 Å². The van der Waals surface area contributed by atoms with Crippen molar-refractivity contribution in [1.29, 1.82) is 0 Å². The van der Waals surface area contributed by atoms with Crippen LogP contribution < -0.4 is 4.74 Å². The molecular formula is C15H26O2S2. The van der Waals surface area contributed by atoms with E-state index in [0.717, 1.165) is 12.9 Å². The third-order valence-corrected chi connectivity index (χ3v) is 6.28. The van der Waals surface area contributed by atoms with Crippen molar-refractivity contribution >= 4 is 21.6 Å². The Morgan fingerprint density at radius 2 is 1.68 bits per heavy atom. The molecule has 1 fully saturated rings. The Hall–Kier alpha value is -0.320. The molecule has 1 saturated heterocycles. The molecule has 1 aromatic carbocycles. The molecule has 1 atom stereocenters. The second kappa shape index (κ2) is 9.56. The minimum Gasteiger partial charge on any atom is -0.497 e. The summed E-state index contributed by atoms with van der Waals surface area (Å²) in [5.74, 6) is 0.939. The summed E-state index contributed by atoms with van der Waals surface area (Å²) in [6, 6.07) is 8.45. The summed E-state index contributed by atoms with van der Waals surface area (Å²) in [4.78, 5) is 0. The molecule has 2 nitrogen and oxygen atoms in total. The van der Waals surface area contributed by atoms with Gasteiger partial charge in [-0.1, -0.05) is 47.6 Å². The predicted molar refractivity (Wildman–Crippen MR) is 89.1 cm³/mol. The van der Waals surface area contributed by atoms with Crippen LogP contribution in [0.2, 0.25) is 0 Å². The lowest BCUT2D eigenvalue weighted by molar-refractivity contribution is 0.399. The highest BCUT2D eigenvalue weighted by atomic mass is 33.1. The zero-order valence-electron chi connectivity index (χ0n) is 12.8. The standard InChI is InChI=1S/C12H16OS2.C2H6.CH4O/c1-12(2)8-11(14-15-12)9-4-6-10(13-3)7-5-9;2*1-2/h4-7,11H,8H2,1-3H3;1-2H3;2H,1H3. The maximum absolute atomic E-state index is 7.00. The largest absolute Gasteiger partial charge is 0.497 e. The van der Waals surface area contributed by atoms with Crippen molar-refractivity contribution < 1.29 is 9.84 Å². The number of hydrogen-bond donors (Lipinski definition) is 1. The molecule has 1 unspecified atom stereocenters. The minimum atomic E-state index is 0.412. The first-order valence-electron chi connectivity index (χ1n) is 6.54. The number of ether oxygens (including phenoxy) is 1. The number of rotatable bonds is 2. The summed E-state index contributed by atoms with van der Waals surface area (Å²) in [6.45, 7) is 8.63. The van der Waals surface area contributed by atoms with Gasteiger partial charge in [0.1, 0.15) is 5.75 Å². The van der Waals surface area contributed by atoms with E-state index in [4.69, 9.17) is 9.84 Å². The lowest BCUT2D eigenvalue weighted by Gasteiger charge is -2.14. The van der Waals surface area contributed by atoms with Gasteiger partial charge in [0, 0.05) is 17.1 Å². The first-order chi connectivity index (χ1) is 9.11. The third kappa shape index (κ3) is 6.11. The first kappa shape index (κ1) is 18.7. The highest BCUT2D eigenvalue weighted by Crippen LogP contribution is 2.57. The van der Waals surface area contributed by atoms with Crippen molar-refractivity contribution in [3.05, 3.63) is 29.8 Å². The molecule has 0 saturated carbocycles. The molecule has 0 aromatic heterocycles. The lowest BCUT2D eigenvalue weighted by Crippen LogP contribution is -2.09. The van der Waals surface area contributed by atoms with E-state index in [1.165, 1.54) is 12.0 Å². The van der Waals surface area contributed by atoms with Crippen molar-refractivity contribution in [3.63, 3.8) is 0 Å². The normalized spacial score (nSPS) is 19.6. The smallest absolute Gasteiger partial charge is 0.118 e. The quantitative estimate of drug-likeness (QED) is 0.784. The van der Waals surface area contributed by atoms with E-state index in [0.29, 0.717) is 10.00 Å². The Morgan fingerprint density at radius 3 is 2.05 bits per heavy atom. The number of benzene rings is 1.